The highest BCUT2D eigenvalue weighted by Crippen LogP contribution is 2.25. The van der Waals surface area contributed by atoms with Crippen LogP contribution >= 0.6 is 0 Å². The molecule has 2 aromatic rings. The summed E-state index contributed by atoms with van der Waals surface area (Å²) in [5, 5.41) is 25.7. The van der Waals surface area contributed by atoms with Gasteiger partial charge in [-0.2, -0.15) is 5.10 Å². The summed E-state index contributed by atoms with van der Waals surface area (Å²) < 4.78 is 6.75. The molecule has 8 nitrogen and oxygen atoms in total. The van der Waals surface area contributed by atoms with Gasteiger partial charge in [0.05, 0.1) is 30.5 Å². The van der Waals surface area contributed by atoms with Crippen LogP contribution in [-0.2, 0) is 11.8 Å². The van der Waals surface area contributed by atoms with E-state index in [0.29, 0.717) is 42.9 Å². The maximum Gasteiger partial charge on any atom is 0.339 e. The van der Waals surface area contributed by atoms with Crippen molar-refractivity contribution in [2.75, 3.05) is 31.7 Å². The van der Waals surface area contributed by atoms with Crippen LogP contribution in [0.15, 0.2) is 12.4 Å². The highest BCUT2D eigenvalue weighted by molar-refractivity contribution is 6.03. The van der Waals surface area contributed by atoms with Crippen LogP contribution in [0, 0.1) is 0 Å². The van der Waals surface area contributed by atoms with Crippen molar-refractivity contribution >= 4 is 22.7 Å². The molecule has 8 heteroatoms. The zero-order valence-corrected chi connectivity index (χ0v) is 11.7. The molecule has 0 fully saturated rings. The average molecular weight is 294 g/mol. The van der Waals surface area contributed by atoms with Gasteiger partial charge in [-0.3, -0.25) is 4.68 Å². The smallest absolute Gasteiger partial charge is 0.339 e. The maximum absolute atomic E-state index is 11.3. The van der Waals surface area contributed by atoms with Gasteiger partial charge < -0.3 is 20.3 Å². The van der Waals surface area contributed by atoms with Crippen LogP contribution in [0.5, 0.6) is 0 Å². The Morgan fingerprint density at radius 3 is 2.95 bits per heavy atom. The van der Waals surface area contributed by atoms with Crippen molar-refractivity contribution < 1.29 is 19.7 Å². The van der Waals surface area contributed by atoms with Gasteiger partial charge in [-0.15, -0.1) is 0 Å². The Labute approximate surface area is 121 Å². The van der Waals surface area contributed by atoms with Crippen molar-refractivity contribution in [1.82, 2.24) is 14.8 Å². The maximum atomic E-state index is 11.3. The Balaban J connectivity index is 2.12. The molecular weight excluding hydrogens is 276 g/mol. The molecule has 0 amide bonds. The number of aromatic nitrogens is 3. The van der Waals surface area contributed by atoms with Gasteiger partial charge in [0, 0.05) is 26.4 Å². The largest absolute Gasteiger partial charge is 0.478 e. The van der Waals surface area contributed by atoms with Crippen LogP contribution < -0.4 is 5.32 Å². The first-order chi connectivity index (χ1) is 10.1. The molecule has 114 valence electrons. The fraction of sp³-hybridized carbons (Fsp3) is 0.462. The van der Waals surface area contributed by atoms with Crippen molar-refractivity contribution in [2.24, 2.45) is 7.05 Å². The monoisotopic (exact) mass is 294 g/mol. The van der Waals surface area contributed by atoms with E-state index < -0.39 is 5.97 Å². The van der Waals surface area contributed by atoms with Crippen molar-refractivity contribution in [1.29, 1.82) is 0 Å². The molecule has 21 heavy (non-hydrogen) atoms. The highest BCUT2D eigenvalue weighted by atomic mass is 16.5. The van der Waals surface area contributed by atoms with E-state index in [4.69, 9.17) is 9.84 Å². The third kappa shape index (κ3) is 3.47. The number of hydrogen-bond donors (Lipinski definition) is 3. The zero-order chi connectivity index (χ0) is 15.2. The zero-order valence-electron chi connectivity index (χ0n) is 11.7. The number of carboxylic acids is 1. The lowest BCUT2D eigenvalue weighted by molar-refractivity contribution is 0.0697. The van der Waals surface area contributed by atoms with Crippen LogP contribution in [-0.4, -0.2) is 57.3 Å². The lowest BCUT2D eigenvalue weighted by Gasteiger charge is -2.10. The van der Waals surface area contributed by atoms with Crippen molar-refractivity contribution in [3.8, 4) is 0 Å². The summed E-state index contributed by atoms with van der Waals surface area (Å²) in [5.74, 6) is -1.03. The fourth-order valence-electron chi connectivity index (χ4n) is 2.00. The van der Waals surface area contributed by atoms with Gasteiger partial charge in [0.15, 0.2) is 5.65 Å². The third-order valence-corrected chi connectivity index (χ3v) is 3.00. The van der Waals surface area contributed by atoms with Crippen LogP contribution in [0.3, 0.4) is 0 Å². The number of aliphatic hydroxyl groups is 1. The number of fused-ring (bicyclic) bond motifs is 1. The van der Waals surface area contributed by atoms with E-state index in [1.807, 2.05) is 0 Å². The summed E-state index contributed by atoms with van der Waals surface area (Å²) in [6.07, 6.45) is 3.62. The minimum Gasteiger partial charge on any atom is -0.478 e. The first kappa shape index (κ1) is 15.2. The van der Waals surface area contributed by atoms with Gasteiger partial charge in [0.1, 0.15) is 5.56 Å². The molecule has 0 aliphatic heterocycles. The van der Waals surface area contributed by atoms with Gasteiger partial charge in [-0.05, 0) is 6.42 Å². The molecule has 0 spiro atoms. The second-order valence-electron chi connectivity index (χ2n) is 4.47. The number of nitrogens with one attached hydrogen (secondary N) is 1. The molecule has 0 aromatic carbocycles. The standard InChI is InChI=1S/C13H18N4O4/c1-17-12-9(8-16-17)11(10(7-15-12)13(19)20)14-3-2-5-21-6-4-18/h7-8,18H,2-6H2,1H3,(H,14,15)(H,19,20). The molecule has 0 unspecified atom stereocenters. The second-order valence-corrected chi connectivity index (χ2v) is 4.47. The Morgan fingerprint density at radius 1 is 1.43 bits per heavy atom. The van der Waals surface area contributed by atoms with Gasteiger partial charge in [0.25, 0.3) is 0 Å². The van der Waals surface area contributed by atoms with E-state index in [1.165, 1.54) is 6.20 Å². The molecule has 3 N–H and O–H groups in total. The van der Waals surface area contributed by atoms with Gasteiger partial charge >= 0.3 is 5.97 Å². The highest BCUT2D eigenvalue weighted by Gasteiger charge is 2.16. The number of nitrogens with zero attached hydrogens (tertiary/aromatic N) is 3. The van der Waals surface area contributed by atoms with Gasteiger partial charge in [-0.25, -0.2) is 9.78 Å². The molecule has 2 aromatic heterocycles. The molecule has 0 atom stereocenters. The number of anilines is 1. The number of rotatable bonds is 8. The lowest BCUT2D eigenvalue weighted by Crippen LogP contribution is -2.11. The topological polar surface area (TPSA) is 110 Å². The van der Waals surface area contributed by atoms with E-state index in [-0.39, 0.29) is 12.2 Å². The summed E-state index contributed by atoms with van der Waals surface area (Å²) in [6.45, 7) is 1.36. The van der Waals surface area contributed by atoms with Crippen LogP contribution in [0.25, 0.3) is 11.0 Å². The molecule has 0 bridgehead atoms. The molecule has 0 radical (unpaired) electrons. The fourth-order valence-corrected chi connectivity index (χ4v) is 2.00. The summed E-state index contributed by atoms with van der Waals surface area (Å²) in [7, 11) is 1.75. The summed E-state index contributed by atoms with van der Waals surface area (Å²) in [4.78, 5) is 15.4. The summed E-state index contributed by atoms with van der Waals surface area (Å²) in [5.41, 5.74) is 1.26. The summed E-state index contributed by atoms with van der Waals surface area (Å²) in [6, 6.07) is 0. The Kier molecular flexibility index (Phi) is 5.07. The number of aromatic carboxylic acids is 1. The lowest BCUT2D eigenvalue weighted by atomic mass is 10.2. The molecule has 2 heterocycles. The average Bonchev–Trinajstić information content (AvgIpc) is 2.84. The molecule has 0 aliphatic rings. The summed E-state index contributed by atoms with van der Waals surface area (Å²) >= 11 is 0. The Bertz CT molecular complexity index is 626. The predicted molar refractivity (Wildman–Crippen MR) is 76.5 cm³/mol. The van der Waals surface area contributed by atoms with E-state index in [2.05, 4.69) is 15.4 Å². The quantitative estimate of drug-likeness (QED) is 0.607. The van der Waals surface area contributed by atoms with E-state index in [0.717, 1.165) is 0 Å². The molecular formula is C13H18N4O4. The van der Waals surface area contributed by atoms with Crippen LogP contribution in [0.1, 0.15) is 16.8 Å². The Hall–Kier alpha value is -2.19. The number of ether oxygens (including phenoxy) is 1. The first-order valence-electron chi connectivity index (χ1n) is 6.61. The van der Waals surface area contributed by atoms with Crippen LogP contribution in [0.2, 0.25) is 0 Å². The molecule has 2 rings (SSSR count). The van der Waals surface area contributed by atoms with Gasteiger partial charge in [0.2, 0.25) is 0 Å². The Morgan fingerprint density at radius 2 is 2.24 bits per heavy atom. The molecule has 0 saturated carbocycles. The number of hydrogen-bond acceptors (Lipinski definition) is 6. The number of aliphatic hydroxyl groups excluding tert-OH is 1. The third-order valence-electron chi connectivity index (χ3n) is 3.00. The number of pyridine rings is 1. The predicted octanol–water partition coefficient (Wildman–Crippen LogP) is 0.477. The van der Waals surface area contributed by atoms with Crippen molar-refractivity contribution in [2.45, 2.75) is 6.42 Å². The van der Waals surface area contributed by atoms with E-state index in [9.17, 15) is 9.90 Å². The molecule has 0 saturated heterocycles. The normalized spacial score (nSPS) is 11.0. The number of carboxylic acid groups (broad SMARTS) is 1. The first-order valence-corrected chi connectivity index (χ1v) is 6.61. The molecule has 0 aliphatic carbocycles. The SMILES string of the molecule is Cn1ncc2c(NCCCOCCO)c(C(=O)O)cnc21. The van der Waals surface area contributed by atoms with E-state index in [1.54, 1.807) is 17.9 Å². The second kappa shape index (κ2) is 7.00. The van der Waals surface area contributed by atoms with Crippen LogP contribution in [0.4, 0.5) is 5.69 Å². The van der Waals surface area contributed by atoms with Crippen molar-refractivity contribution in [3.05, 3.63) is 18.0 Å². The van der Waals surface area contributed by atoms with Gasteiger partial charge in [-0.1, -0.05) is 0 Å². The van der Waals surface area contributed by atoms with Crippen molar-refractivity contribution in [3.63, 3.8) is 0 Å². The number of carbonyl (C=O) groups is 1. The minimum atomic E-state index is -1.03. The minimum absolute atomic E-state index is 0.00273. The number of aryl methyl sites for hydroxylation is 1. The van der Waals surface area contributed by atoms with E-state index >= 15 is 0 Å².